The average Bonchev–Trinajstić information content (AvgIpc) is 2.84. The molecule has 0 unspecified atom stereocenters. The van der Waals surface area contributed by atoms with Gasteiger partial charge in [-0.15, -0.1) is 0 Å². The first kappa shape index (κ1) is 17.9. The highest BCUT2D eigenvalue weighted by atomic mass is 16.1. The van der Waals surface area contributed by atoms with Crippen LogP contribution >= 0.6 is 0 Å². The Morgan fingerprint density at radius 2 is 1.76 bits per heavy atom. The Labute approximate surface area is 129 Å². The van der Waals surface area contributed by atoms with Gasteiger partial charge in [-0.2, -0.15) is 5.10 Å². The fraction of sp³-hybridized carbons (Fsp3) is 0.765. The Morgan fingerprint density at radius 3 is 2.19 bits per heavy atom. The first-order chi connectivity index (χ1) is 9.98. The molecule has 1 rings (SSSR count). The molecule has 21 heavy (non-hydrogen) atoms. The van der Waals surface area contributed by atoms with Crippen LogP contribution in [-0.4, -0.2) is 39.1 Å². The fourth-order valence-corrected chi connectivity index (χ4v) is 3.44. The maximum Gasteiger partial charge on any atom is 0.158 e. The van der Waals surface area contributed by atoms with E-state index >= 15 is 0 Å². The number of aryl methyl sites for hydroxylation is 2. The quantitative estimate of drug-likeness (QED) is 0.701. The summed E-state index contributed by atoms with van der Waals surface area (Å²) in [6.45, 7) is 15.2. The van der Waals surface area contributed by atoms with Crippen molar-refractivity contribution >= 4 is 5.78 Å². The SMILES string of the molecule is CCN(CC)C(CC)(CC)C(=O)Cc1cc(C)nn1CC. The molecule has 0 N–H and O–H groups in total. The Kier molecular flexibility index (Phi) is 6.59. The number of rotatable bonds is 9. The van der Waals surface area contributed by atoms with Gasteiger partial charge in [0.25, 0.3) is 0 Å². The lowest BCUT2D eigenvalue weighted by atomic mass is 9.83. The van der Waals surface area contributed by atoms with Crippen LogP contribution in [0.5, 0.6) is 0 Å². The molecule has 0 radical (unpaired) electrons. The van der Waals surface area contributed by atoms with E-state index in [1.165, 1.54) is 0 Å². The van der Waals surface area contributed by atoms with Gasteiger partial charge in [-0.1, -0.05) is 27.7 Å². The van der Waals surface area contributed by atoms with E-state index < -0.39 is 0 Å². The van der Waals surface area contributed by atoms with Gasteiger partial charge in [-0.3, -0.25) is 14.4 Å². The zero-order valence-corrected chi connectivity index (χ0v) is 14.6. The first-order valence-corrected chi connectivity index (χ1v) is 8.30. The lowest BCUT2D eigenvalue weighted by Gasteiger charge is -2.41. The normalized spacial score (nSPS) is 12.1. The molecule has 0 fully saturated rings. The van der Waals surface area contributed by atoms with Crippen molar-refractivity contribution in [3.05, 3.63) is 17.5 Å². The molecule has 4 nitrogen and oxygen atoms in total. The van der Waals surface area contributed by atoms with Gasteiger partial charge in [0.05, 0.1) is 17.7 Å². The van der Waals surface area contributed by atoms with Crippen molar-refractivity contribution in [3.8, 4) is 0 Å². The molecule has 120 valence electrons. The van der Waals surface area contributed by atoms with Crippen LogP contribution in [-0.2, 0) is 17.8 Å². The molecule has 0 spiro atoms. The Morgan fingerprint density at radius 1 is 1.19 bits per heavy atom. The zero-order valence-electron chi connectivity index (χ0n) is 14.6. The summed E-state index contributed by atoms with van der Waals surface area (Å²) in [5.41, 5.74) is 1.69. The van der Waals surface area contributed by atoms with E-state index in [2.05, 4.69) is 44.6 Å². The van der Waals surface area contributed by atoms with Gasteiger partial charge in [0, 0.05) is 12.2 Å². The van der Waals surface area contributed by atoms with E-state index in [4.69, 9.17) is 0 Å². The molecule has 0 aliphatic carbocycles. The lowest BCUT2D eigenvalue weighted by Crippen LogP contribution is -2.54. The number of Topliss-reactive ketones (excluding diaryl/α,β-unsaturated/α-hetero) is 1. The molecule has 0 aliphatic heterocycles. The van der Waals surface area contributed by atoms with Crippen LogP contribution in [0.2, 0.25) is 0 Å². The predicted molar refractivity (Wildman–Crippen MR) is 87.6 cm³/mol. The summed E-state index contributed by atoms with van der Waals surface area (Å²) in [7, 11) is 0. The van der Waals surface area contributed by atoms with Gasteiger partial charge < -0.3 is 0 Å². The van der Waals surface area contributed by atoms with Gasteiger partial charge in [0.2, 0.25) is 0 Å². The van der Waals surface area contributed by atoms with Gasteiger partial charge >= 0.3 is 0 Å². The predicted octanol–water partition coefficient (Wildman–Crippen LogP) is 3.22. The second-order valence-corrected chi connectivity index (χ2v) is 5.60. The molecule has 0 aromatic carbocycles. The summed E-state index contributed by atoms with van der Waals surface area (Å²) < 4.78 is 1.95. The van der Waals surface area contributed by atoms with Crippen LogP contribution in [0, 0.1) is 6.92 Å². The minimum Gasteiger partial charge on any atom is -0.297 e. The highest BCUT2D eigenvalue weighted by Crippen LogP contribution is 2.27. The number of nitrogens with zero attached hydrogens (tertiary/aromatic N) is 3. The number of carbonyl (C=O) groups is 1. The largest absolute Gasteiger partial charge is 0.297 e. The Bertz CT molecular complexity index is 457. The molecular weight excluding hydrogens is 262 g/mol. The maximum absolute atomic E-state index is 13.1. The number of aromatic nitrogens is 2. The van der Waals surface area contributed by atoms with E-state index in [0.717, 1.165) is 43.9 Å². The monoisotopic (exact) mass is 293 g/mol. The second kappa shape index (κ2) is 7.74. The van der Waals surface area contributed by atoms with Crippen LogP contribution in [0.4, 0.5) is 0 Å². The standard InChI is InChI=1S/C17H31N3O/c1-7-17(8-2,19(9-3)10-4)16(21)13-15-12-14(6)18-20(15)11-5/h12H,7-11,13H2,1-6H3. The molecule has 0 aliphatic rings. The summed E-state index contributed by atoms with van der Waals surface area (Å²) in [4.78, 5) is 15.4. The van der Waals surface area contributed by atoms with Gasteiger partial charge in [0.15, 0.2) is 5.78 Å². The highest BCUT2D eigenvalue weighted by molar-refractivity contribution is 5.90. The van der Waals surface area contributed by atoms with Crippen LogP contribution in [0.3, 0.4) is 0 Å². The summed E-state index contributed by atoms with van der Waals surface area (Å²) in [5, 5.41) is 4.45. The minimum atomic E-state index is -0.333. The second-order valence-electron chi connectivity index (χ2n) is 5.60. The molecule has 1 heterocycles. The summed E-state index contributed by atoms with van der Waals surface area (Å²) >= 11 is 0. The molecule has 0 saturated heterocycles. The minimum absolute atomic E-state index is 0.325. The smallest absolute Gasteiger partial charge is 0.158 e. The topological polar surface area (TPSA) is 38.1 Å². The Hall–Kier alpha value is -1.16. The third-order valence-electron chi connectivity index (χ3n) is 4.68. The number of hydrogen-bond donors (Lipinski definition) is 0. The van der Waals surface area contributed by atoms with Crippen molar-refractivity contribution in [2.24, 2.45) is 0 Å². The van der Waals surface area contributed by atoms with E-state index in [-0.39, 0.29) is 5.54 Å². The average molecular weight is 293 g/mol. The number of ketones is 1. The number of carbonyl (C=O) groups excluding carboxylic acids is 1. The molecule has 0 atom stereocenters. The Balaban J connectivity index is 3.06. The first-order valence-electron chi connectivity index (χ1n) is 8.30. The van der Waals surface area contributed by atoms with E-state index in [9.17, 15) is 4.79 Å². The summed E-state index contributed by atoms with van der Waals surface area (Å²) in [6.07, 6.45) is 2.21. The number of likely N-dealkylation sites (N-methyl/N-ethyl adjacent to an activating group) is 1. The molecule has 1 aromatic heterocycles. The van der Waals surface area contributed by atoms with Crippen LogP contribution in [0.15, 0.2) is 6.07 Å². The van der Waals surface area contributed by atoms with Gasteiger partial charge in [-0.25, -0.2) is 0 Å². The van der Waals surface area contributed by atoms with Crippen LogP contribution in [0.1, 0.15) is 58.8 Å². The molecule has 0 amide bonds. The van der Waals surface area contributed by atoms with Crippen molar-refractivity contribution in [1.29, 1.82) is 0 Å². The molecule has 1 aromatic rings. The lowest BCUT2D eigenvalue weighted by molar-refractivity contribution is -0.131. The van der Waals surface area contributed by atoms with Crippen LogP contribution in [0.25, 0.3) is 0 Å². The summed E-state index contributed by atoms with van der Waals surface area (Å²) in [6, 6.07) is 2.04. The van der Waals surface area contributed by atoms with E-state index in [1.807, 2.05) is 17.7 Å². The number of hydrogen-bond acceptors (Lipinski definition) is 3. The van der Waals surface area contributed by atoms with Crippen molar-refractivity contribution in [2.45, 2.75) is 72.9 Å². The van der Waals surface area contributed by atoms with Crippen molar-refractivity contribution in [3.63, 3.8) is 0 Å². The van der Waals surface area contributed by atoms with Gasteiger partial charge in [0.1, 0.15) is 0 Å². The molecule has 0 saturated carbocycles. The fourth-order valence-electron chi connectivity index (χ4n) is 3.44. The van der Waals surface area contributed by atoms with Crippen molar-refractivity contribution in [2.75, 3.05) is 13.1 Å². The molecular formula is C17H31N3O. The van der Waals surface area contributed by atoms with Crippen molar-refractivity contribution < 1.29 is 4.79 Å². The maximum atomic E-state index is 13.1. The molecule has 4 heteroatoms. The van der Waals surface area contributed by atoms with E-state index in [0.29, 0.717) is 12.2 Å². The molecule has 0 bridgehead atoms. The summed E-state index contributed by atoms with van der Waals surface area (Å²) in [5.74, 6) is 0.325. The zero-order chi connectivity index (χ0) is 16.0. The highest BCUT2D eigenvalue weighted by Gasteiger charge is 2.39. The third-order valence-corrected chi connectivity index (χ3v) is 4.68. The van der Waals surface area contributed by atoms with Crippen molar-refractivity contribution in [1.82, 2.24) is 14.7 Å². The third kappa shape index (κ3) is 3.54. The van der Waals surface area contributed by atoms with E-state index in [1.54, 1.807) is 0 Å². The van der Waals surface area contributed by atoms with Gasteiger partial charge in [-0.05, 0) is 45.8 Å². The van der Waals surface area contributed by atoms with Crippen LogP contribution < -0.4 is 0 Å².